The maximum atomic E-state index is 13.3. The van der Waals surface area contributed by atoms with Crippen molar-refractivity contribution in [2.45, 2.75) is 134 Å². The SMILES string of the molecule is C=C1C(Cl)C2OC(=O)C(C)[C@]2(O)[C@H](OC(C)=O)C2[C@](C)(OC(C)=O)C(OC(=O)CCC)CC(OC(C)=O)[C@]2(C)[C@H](OC(C)=O)C2OC12. The molecule has 1 N–H and O–H groups in total. The first-order chi connectivity index (χ1) is 21.7. The highest BCUT2D eigenvalue weighted by Crippen LogP contribution is 2.62. The molecule has 2 saturated carbocycles. The van der Waals surface area contributed by atoms with Gasteiger partial charge < -0.3 is 38.3 Å². The summed E-state index contributed by atoms with van der Waals surface area (Å²) in [5.41, 5.74) is -6.06. The van der Waals surface area contributed by atoms with Gasteiger partial charge in [-0.25, -0.2) is 0 Å². The van der Waals surface area contributed by atoms with Crippen molar-refractivity contribution in [1.29, 1.82) is 0 Å². The van der Waals surface area contributed by atoms with E-state index < -0.39 is 112 Å². The van der Waals surface area contributed by atoms with Crippen LogP contribution in [0.3, 0.4) is 0 Å². The topological polar surface area (TPSA) is 191 Å². The number of carbonyl (C=O) groups excluding carboxylic acids is 6. The molecule has 0 spiro atoms. The Labute approximate surface area is 277 Å². The fraction of sp³-hybridized carbons (Fsp3) is 0.750. The first kappa shape index (κ1) is 36.6. The van der Waals surface area contributed by atoms with Gasteiger partial charge in [-0.05, 0) is 25.8 Å². The number of epoxide rings is 1. The summed E-state index contributed by atoms with van der Waals surface area (Å²) >= 11 is 6.87. The normalized spacial score (nSPS) is 42.3. The molecule has 13 atom stereocenters. The molecule has 8 unspecified atom stereocenters. The van der Waals surface area contributed by atoms with Gasteiger partial charge in [0.1, 0.15) is 36.6 Å². The molecule has 2 saturated heterocycles. The lowest BCUT2D eigenvalue weighted by Crippen LogP contribution is -2.76. The quantitative estimate of drug-likeness (QED) is 0.135. The number of hydrogen-bond acceptors (Lipinski definition) is 14. The largest absolute Gasteiger partial charge is 0.462 e. The molecule has 4 rings (SSSR count). The molecule has 262 valence electrons. The first-order valence-corrected chi connectivity index (χ1v) is 16.0. The van der Waals surface area contributed by atoms with Gasteiger partial charge in [-0.1, -0.05) is 20.4 Å². The molecule has 4 aliphatic rings. The summed E-state index contributed by atoms with van der Waals surface area (Å²) in [6.07, 6.45) is -9.24. The van der Waals surface area contributed by atoms with Gasteiger partial charge in [0.05, 0.1) is 22.6 Å². The highest BCUT2D eigenvalue weighted by molar-refractivity contribution is 6.23. The molecule has 4 fully saturated rings. The van der Waals surface area contributed by atoms with E-state index in [1.54, 1.807) is 13.8 Å². The summed E-state index contributed by atoms with van der Waals surface area (Å²) in [6, 6.07) is 0. The Bertz CT molecular complexity index is 1350. The Hall–Kier alpha value is -3.23. The van der Waals surface area contributed by atoms with Crippen molar-refractivity contribution in [3.63, 3.8) is 0 Å². The van der Waals surface area contributed by atoms with E-state index in [-0.39, 0.29) is 18.4 Å². The van der Waals surface area contributed by atoms with Crippen molar-refractivity contribution in [2.75, 3.05) is 0 Å². The average Bonchev–Trinajstić information content (AvgIpc) is 3.70. The maximum absolute atomic E-state index is 13.3. The standard InChI is InChI=1S/C32H43ClO14/c1-10-11-21(38)44-20-12-19(41-15(4)34)30(8)25(31(20,9)47-18(7)37)28(43-17(6)36)32(40)14(3)29(39)46-26(32)22(33)13(2)23-24(45-23)27(30)42-16(5)35/h14,19-20,22-28,40H,2,10-12H2,1,3-9H3/t14?,19?,20?,22?,23?,24?,25?,26?,27-,28-,30+,31-,32-/m1/s1. The summed E-state index contributed by atoms with van der Waals surface area (Å²) < 4.78 is 41.4. The fourth-order valence-electron chi connectivity index (χ4n) is 7.89. The molecule has 47 heavy (non-hydrogen) atoms. The summed E-state index contributed by atoms with van der Waals surface area (Å²) in [5.74, 6) is -7.84. The van der Waals surface area contributed by atoms with E-state index in [1.165, 1.54) is 13.8 Å². The zero-order valence-electron chi connectivity index (χ0n) is 27.7. The van der Waals surface area contributed by atoms with Crippen molar-refractivity contribution in [3.05, 3.63) is 12.2 Å². The summed E-state index contributed by atoms with van der Waals surface area (Å²) in [5, 5.41) is 11.5. The van der Waals surface area contributed by atoms with Crippen LogP contribution in [0, 0.1) is 17.3 Å². The van der Waals surface area contributed by atoms with Gasteiger partial charge in [0, 0.05) is 40.5 Å². The van der Waals surface area contributed by atoms with E-state index in [0.717, 1.165) is 27.7 Å². The number of aliphatic hydroxyl groups is 1. The third-order valence-corrected chi connectivity index (χ3v) is 10.5. The molecule has 0 amide bonds. The first-order valence-electron chi connectivity index (χ1n) is 15.6. The lowest BCUT2D eigenvalue weighted by molar-refractivity contribution is -0.296. The molecule has 15 heteroatoms. The predicted octanol–water partition coefficient (Wildman–Crippen LogP) is 2.08. The number of fused-ring (bicyclic) bond motifs is 3. The molecule has 0 aromatic carbocycles. The van der Waals surface area contributed by atoms with Gasteiger partial charge in [0.15, 0.2) is 17.3 Å². The van der Waals surface area contributed by atoms with Crippen LogP contribution in [-0.4, -0.2) is 100 Å². The third kappa shape index (κ3) is 6.24. The minimum atomic E-state index is -2.47. The van der Waals surface area contributed by atoms with Gasteiger partial charge in [-0.15, -0.1) is 11.6 Å². The van der Waals surface area contributed by atoms with E-state index in [2.05, 4.69) is 6.58 Å². The Morgan fingerprint density at radius 3 is 2.04 bits per heavy atom. The molecule has 0 radical (unpaired) electrons. The number of rotatable bonds is 7. The number of hydrogen-bond donors (Lipinski definition) is 1. The van der Waals surface area contributed by atoms with Crippen molar-refractivity contribution in [1.82, 2.24) is 0 Å². The van der Waals surface area contributed by atoms with E-state index in [0.29, 0.717) is 6.42 Å². The number of halogens is 1. The predicted molar refractivity (Wildman–Crippen MR) is 159 cm³/mol. The van der Waals surface area contributed by atoms with Crippen molar-refractivity contribution in [2.24, 2.45) is 17.3 Å². The van der Waals surface area contributed by atoms with Crippen molar-refractivity contribution >= 4 is 47.4 Å². The fourth-order valence-corrected chi connectivity index (χ4v) is 8.26. The molecule has 2 aliphatic heterocycles. The van der Waals surface area contributed by atoms with Crippen LogP contribution >= 0.6 is 11.6 Å². The monoisotopic (exact) mass is 686 g/mol. The van der Waals surface area contributed by atoms with Crippen LogP contribution in [-0.2, 0) is 61.9 Å². The van der Waals surface area contributed by atoms with Gasteiger partial charge in [0.2, 0.25) is 0 Å². The van der Waals surface area contributed by atoms with Gasteiger partial charge in [-0.2, -0.15) is 0 Å². The van der Waals surface area contributed by atoms with E-state index in [1.807, 2.05) is 0 Å². The highest BCUT2D eigenvalue weighted by atomic mass is 35.5. The molecule has 14 nitrogen and oxygen atoms in total. The van der Waals surface area contributed by atoms with Gasteiger partial charge in [0.25, 0.3) is 0 Å². The lowest BCUT2D eigenvalue weighted by Gasteiger charge is -2.61. The van der Waals surface area contributed by atoms with Crippen LogP contribution in [0.4, 0.5) is 0 Å². The summed E-state index contributed by atoms with van der Waals surface area (Å²) in [6.45, 7) is 14.6. The van der Waals surface area contributed by atoms with E-state index in [9.17, 15) is 33.9 Å². The lowest BCUT2D eigenvalue weighted by atomic mass is 9.50. The second kappa shape index (κ2) is 13.0. The average molecular weight is 687 g/mol. The number of alkyl halides is 1. The number of esters is 6. The van der Waals surface area contributed by atoms with Crippen LogP contribution in [0.25, 0.3) is 0 Å². The van der Waals surface area contributed by atoms with Crippen LogP contribution in [0.5, 0.6) is 0 Å². The van der Waals surface area contributed by atoms with Crippen LogP contribution in [0.2, 0.25) is 0 Å². The summed E-state index contributed by atoms with van der Waals surface area (Å²) in [7, 11) is 0. The van der Waals surface area contributed by atoms with Crippen molar-refractivity contribution < 1.29 is 67.0 Å². The second-order valence-electron chi connectivity index (χ2n) is 13.2. The van der Waals surface area contributed by atoms with Crippen LogP contribution in [0.1, 0.15) is 74.7 Å². The minimum absolute atomic E-state index is 0.0186. The smallest absolute Gasteiger partial charge is 0.312 e. The molecular weight excluding hydrogens is 644 g/mol. The minimum Gasteiger partial charge on any atom is -0.462 e. The van der Waals surface area contributed by atoms with Crippen LogP contribution in [0.15, 0.2) is 12.2 Å². The third-order valence-electron chi connectivity index (χ3n) is 9.96. The number of carbonyl (C=O) groups is 6. The summed E-state index contributed by atoms with van der Waals surface area (Å²) in [4.78, 5) is 77.7. The van der Waals surface area contributed by atoms with Gasteiger partial charge in [-0.3, -0.25) is 28.8 Å². The van der Waals surface area contributed by atoms with E-state index >= 15 is 0 Å². The Morgan fingerprint density at radius 1 is 0.936 bits per heavy atom. The van der Waals surface area contributed by atoms with Crippen LogP contribution < -0.4 is 0 Å². The molecule has 0 bridgehead atoms. The Morgan fingerprint density at radius 2 is 1.51 bits per heavy atom. The molecule has 0 aromatic heterocycles. The molecule has 0 aromatic rings. The Balaban J connectivity index is 2.16. The molecule has 2 aliphatic carbocycles. The zero-order chi connectivity index (χ0) is 35.4. The highest BCUT2D eigenvalue weighted by Gasteiger charge is 2.77. The van der Waals surface area contributed by atoms with Gasteiger partial charge >= 0.3 is 35.8 Å². The van der Waals surface area contributed by atoms with Crippen molar-refractivity contribution in [3.8, 4) is 0 Å². The Kier molecular flexibility index (Phi) is 10.1. The molecule has 2 heterocycles. The zero-order valence-corrected chi connectivity index (χ0v) is 28.5. The maximum Gasteiger partial charge on any atom is 0.312 e. The second-order valence-corrected chi connectivity index (χ2v) is 13.7. The van der Waals surface area contributed by atoms with E-state index in [4.69, 9.17) is 44.8 Å². The number of ether oxygens (including phenoxy) is 7. The molecular formula is C32H43ClO14.